The summed E-state index contributed by atoms with van der Waals surface area (Å²) in [6.07, 6.45) is 1.77. The number of aromatic nitrogens is 1. The summed E-state index contributed by atoms with van der Waals surface area (Å²) >= 11 is 0. The van der Waals surface area contributed by atoms with E-state index >= 15 is 0 Å². The normalized spacial score (nSPS) is 19.6. The first-order valence-corrected chi connectivity index (χ1v) is 9.71. The van der Waals surface area contributed by atoms with Gasteiger partial charge in [0, 0.05) is 52.1 Å². The van der Waals surface area contributed by atoms with Gasteiger partial charge in [-0.15, -0.1) is 0 Å². The van der Waals surface area contributed by atoms with Crippen LogP contribution in [0.5, 0.6) is 0 Å². The van der Waals surface area contributed by atoms with Gasteiger partial charge in [-0.1, -0.05) is 12.1 Å². The summed E-state index contributed by atoms with van der Waals surface area (Å²) in [6, 6.07) is 7.82. The number of piperidine rings is 1. The van der Waals surface area contributed by atoms with Gasteiger partial charge in [-0.2, -0.15) is 0 Å². The molecule has 1 aromatic carbocycles. The van der Waals surface area contributed by atoms with Crippen molar-refractivity contribution in [1.29, 1.82) is 0 Å². The summed E-state index contributed by atoms with van der Waals surface area (Å²) in [6.45, 7) is 6.49. The van der Waals surface area contributed by atoms with Crippen molar-refractivity contribution in [3.8, 4) is 0 Å². The Kier molecular flexibility index (Phi) is 5.11. The van der Waals surface area contributed by atoms with Gasteiger partial charge in [0.05, 0.1) is 6.54 Å². The summed E-state index contributed by atoms with van der Waals surface area (Å²) in [4.78, 5) is 34.6. The zero-order valence-corrected chi connectivity index (χ0v) is 15.8. The molecule has 0 aliphatic carbocycles. The summed E-state index contributed by atoms with van der Waals surface area (Å²) in [5.74, 6) is 1.37. The average molecular weight is 370 g/mol. The highest BCUT2D eigenvalue weighted by Crippen LogP contribution is 2.29. The molecule has 4 rings (SSSR count). The fourth-order valence-electron chi connectivity index (χ4n) is 3.95. The second kappa shape index (κ2) is 7.68. The van der Waals surface area contributed by atoms with Gasteiger partial charge in [-0.25, -0.2) is 4.98 Å². The number of likely N-dealkylation sites (tertiary alicyclic amines) is 1. The molecule has 2 aliphatic heterocycles. The Morgan fingerprint density at radius 1 is 1.04 bits per heavy atom. The van der Waals surface area contributed by atoms with E-state index in [-0.39, 0.29) is 17.7 Å². The largest absolute Gasteiger partial charge is 0.440 e. The van der Waals surface area contributed by atoms with Crippen LogP contribution in [-0.4, -0.2) is 77.3 Å². The van der Waals surface area contributed by atoms with Crippen LogP contribution < -0.4 is 0 Å². The monoisotopic (exact) mass is 370 g/mol. The molecular weight excluding hydrogens is 344 g/mol. The SMILES string of the molecule is CC(=O)N1CCN(CC(=O)N2CCC(c3nc4ccccc4o3)CC2)CC1. The van der Waals surface area contributed by atoms with Crippen LogP contribution in [0.3, 0.4) is 0 Å². The van der Waals surface area contributed by atoms with Crippen LogP contribution in [0.15, 0.2) is 28.7 Å². The average Bonchev–Trinajstić information content (AvgIpc) is 3.13. The van der Waals surface area contributed by atoms with Crippen molar-refractivity contribution in [2.75, 3.05) is 45.8 Å². The topological polar surface area (TPSA) is 69.9 Å². The Hall–Kier alpha value is -2.41. The Morgan fingerprint density at radius 3 is 2.41 bits per heavy atom. The van der Waals surface area contributed by atoms with Gasteiger partial charge in [0.25, 0.3) is 0 Å². The third kappa shape index (κ3) is 3.98. The van der Waals surface area contributed by atoms with E-state index < -0.39 is 0 Å². The molecule has 1 aromatic heterocycles. The minimum absolute atomic E-state index is 0.113. The zero-order valence-electron chi connectivity index (χ0n) is 15.8. The summed E-state index contributed by atoms with van der Waals surface area (Å²) in [7, 11) is 0. The van der Waals surface area contributed by atoms with Crippen molar-refractivity contribution < 1.29 is 14.0 Å². The van der Waals surface area contributed by atoms with E-state index in [0.717, 1.165) is 56.0 Å². The first-order chi connectivity index (χ1) is 13.1. The number of hydrogen-bond donors (Lipinski definition) is 0. The lowest BCUT2D eigenvalue weighted by molar-refractivity contribution is -0.135. The lowest BCUT2D eigenvalue weighted by atomic mass is 9.96. The molecule has 0 atom stereocenters. The van der Waals surface area contributed by atoms with E-state index in [9.17, 15) is 9.59 Å². The van der Waals surface area contributed by atoms with Crippen LogP contribution in [-0.2, 0) is 9.59 Å². The first kappa shape index (κ1) is 18.0. The number of nitrogens with zero attached hydrogens (tertiary/aromatic N) is 4. The number of piperazine rings is 1. The molecule has 0 bridgehead atoms. The predicted molar refractivity (Wildman–Crippen MR) is 101 cm³/mol. The summed E-state index contributed by atoms with van der Waals surface area (Å²) in [5, 5.41) is 0. The molecular formula is C20H26N4O3. The first-order valence-electron chi connectivity index (χ1n) is 9.71. The Balaban J connectivity index is 1.27. The van der Waals surface area contributed by atoms with Crippen molar-refractivity contribution in [1.82, 2.24) is 19.7 Å². The third-order valence-electron chi connectivity index (χ3n) is 5.68. The van der Waals surface area contributed by atoms with Crippen LogP contribution in [0, 0.1) is 0 Å². The minimum Gasteiger partial charge on any atom is -0.440 e. The fraction of sp³-hybridized carbons (Fsp3) is 0.550. The Bertz CT molecular complexity index is 784. The van der Waals surface area contributed by atoms with E-state index in [1.807, 2.05) is 34.1 Å². The number of amides is 2. The highest BCUT2D eigenvalue weighted by Gasteiger charge is 2.28. The molecule has 3 heterocycles. The highest BCUT2D eigenvalue weighted by atomic mass is 16.3. The van der Waals surface area contributed by atoms with E-state index in [2.05, 4.69) is 9.88 Å². The molecule has 2 amide bonds. The minimum atomic E-state index is 0.113. The predicted octanol–water partition coefficient (Wildman–Crippen LogP) is 1.70. The molecule has 2 aromatic rings. The van der Waals surface area contributed by atoms with E-state index in [1.165, 1.54) is 0 Å². The van der Waals surface area contributed by atoms with Crippen LogP contribution in [0.4, 0.5) is 0 Å². The molecule has 2 fully saturated rings. The van der Waals surface area contributed by atoms with Gasteiger partial charge in [0.2, 0.25) is 11.8 Å². The number of benzene rings is 1. The number of fused-ring (bicyclic) bond motifs is 1. The fourth-order valence-corrected chi connectivity index (χ4v) is 3.95. The molecule has 0 N–H and O–H groups in total. The van der Waals surface area contributed by atoms with Crippen LogP contribution in [0.25, 0.3) is 11.1 Å². The molecule has 0 unspecified atom stereocenters. The molecule has 144 valence electrons. The number of carbonyl (C=O) groups is 2. The second-order valence-electron chi connectivity index (χ2n) is 7.46. The van der Waals surface area contributed by atoms with Gasteiger partial charge < -0.3 is 14.2 Å². The van der Waals surface area contributed by atoms with E-state index in [0.29, 0.717) is 19.6 Å². The van der Waals surface area contributed by atoms with Gasteiger partial charge in [-0.3, -0.25) is 14.5 Å². The number of carbonyl (C=O) groups excluding carboxylic acids is 2. The standard InChI is InChI=1S/C20H26N4O3/c1-15(25)23-12-10-22(11-13-23)14-19(26)24-8-6-16(7-9-24)20-21-17-4-2-3-5-18(17)27-20/h2-5,16H,6-14H2,1H3. The van der Waals surface area contributed by atoms with Crippen molar-refractivity contribution in [2.45, 2.75) is 25.7 Å². The maximum absolute atomic E-state index is 12.6. The van der Waals surface area contributed by atoms with Gasteiger partial charge in [0.1, 0.15) is 5.52 Å². The Labute approximate surface area is 158 Å². The number of rotatable bonds is 3. The third-order valence-corrected chi connectivity index (χ3v) is 5.68. The summed E-state index contributed by atoms with van der Waals surface area (Å²) < 4.78 is 5.90. The van der Waals surface area contributed by atoms with E-state index in [1.54, 1.807) is 6.92 Å². The quantitative estimate of drug-likeness (QED) is 0.822. The Morgan fingerprint density at radius 2 is 1.74 bits per heavy atom. The van der Waals surface area contributed by atoms with Gasteiger partial charge in [-0.05, 0) is 25.0 Å². The molecule has 7 nitrogen and oxygen atoms in total. The molecule has 7 heteroatoms. The van der Waals surface area contributed by atoms with Crippen molar-refractivity contribution in [3.05, 3.63) is 30.2 Å². The van der Waals surface area contributed by atoms with E-state index in [4.69, 9.17) is 4.42 Å². The van der Waals surface area contributed by atoms with Crippen LogP contribution in [0.2, 0.25) is 0 Å². The van der Waals surface area contributed by atoms with Crippen LogP contribution >= 0.6 is 0 Å². The van der Waals surface area contributed by atoms with Crippen molar-refractivity contribution >= 4 is 22.9 Å². The molecule has 2 saturated heterocycles. The maximum atomic E-state index is 12.6. The van der Waals surface area contributed by atoms with Crippen LogP contribution in [0.1, 0.15) is 31.6 Å². The second-order valence-corrected chi connectivity index (χ2v) is 7.46. The lowest BCUT2D eigenvalue weighted by Gasteiger charge is -2.36. The van der Waals surface area contributed by atoms with Gasteiger partial charge >= 0.3 is 0 Å². The van der Waals surface area contributed by atoms with Crippen molar-refractivity contribution in [3.63, 3.8) is 0 Å². The summed E-state index contributed by atoms with van der Waals surface area (Å²) in [5.41, 5.74) is 1.73. The lowest BCUT2D eigenvalue weighted by Crippen LogP contribution is -2.51. The number of oxazole rings is 1. The molecule has 0 saturated carbocycles. The van der Waals surface area contributed by atoms with Gasteiger partial charge in [0.15, 0.2) is 11.5 Å². The smallest absolute Gasteiger partial charge is 0.236 e. The molecule has 27 heavy (non-hydrogen) atoms. The number of hydrogen-bond acceptors (Lipinski definition) is 5. The zero-order chi connectivity index (χ0) is 18.8. The number of para-hydroxylation sites is 2. The molecule has 2 aliphatic rings. The highest BCUT2D eigenvalue weighted by molar-refractivity contribution is 5.78. The van der Waals surface area contributed by atoms with Crippen molar-refractivity contribution in [2.24, 2.45) is 0 Å². The maximum Gasteiger partial charge on any atom is 0.236 e. The molecule has 0 radical (unpaired) electrons. The molecule has 0 spiro atoms.